The number of pyridine rings is 1. The first-order valence-corrected chi connectivity index (χ1v) is 6.22. The minimum absolute atomic E-state index is 0.147. The molecule has 1 heterocycles. The normalized spacial score (nSPS) is 10.7. The van der Waals surface area contributed by atoms with Crippen molar-refractivity contribution in [3.63, 3.8) is 0 Å². The van der Waals surface area contributed by atoms with E-state index < -0.39 is 17.2 Å². The first-order chi connectivity index (χ1) is 10.1. The van der Waals surface area contributed by atoms with Gasteiger partial charge in [0, 0.05) is 5.39 Å². The predicted octanol–water partition coefficient (Wildman–Crippen LogP) is 3.03. The van der Waals surface area contributed by atoms with E-state index in [1.807, 2.05) is 0 Å². The first kappa shape index (κ1) is 13.1. The summed E-state index contributed by atoms with van der Waals surface area (Å²) in [4.78, 5) is 26.6. The Bertz CT molecular complexity index is 901. The van der Waals surface area contributed by atoms with E-state index in [1.54, 1.807) is 30.3 Å². The lowest BCUT2D eigenvalue weighted by Crippen LogP contribution is -2.18. The Balaban J connectivity index is 2.45. The van der Waals surface area contributed by atoms with Gasteiger partial charge >= 0.3 is 5.97 Å². The molecule has 4 nitrogen and oxygen atoms in total. The van der Waals surface area contributed by atoms with Gasteiger partial charge in [-0.15, -0.1) is 0 Å². The molecular formula is C16H10FNO3. The summed E-state index contributed by atoms with van der Waals surface area (Å²) in [7, 11) is 0. The van der Waals surface area contributed by atoms with Crippen LogP contribution in [0.4, 0.5) is 4.39 Å². The van der Waals surface area contributed by atoms with Crippen molar-refractivity contribution in [2.75, 3.05) is 0 Å². The lowest BCUT2D eigenvalue weighted by atomic mass is 10.0. The third-order valence-electron chi connectivity index (χ3n) is 3.24. The van der Waals surface area contributed by atoms with E-state index in [2.05, 4.69) is 4.98 Å². The number of rotatable bonds is 2. The molecule has 0 radical (unpaired) electrons. The fourth-order valence-corrected chi connectivity index (χ4v) is 2.29. The Morgan fingerprint density at radius 3 is 2.48 bits per heavy atom. The Kier molecular flexibility index (Phi) is 3.02. The number of H-pyrrole nitrogens is 1. The van der Waals surface area contributed by atoms with Crippen LogP contribution < -0.4 is 5.43 Å². The van der Waals surface area contributed by atoms with Gasteiger partial charge in [0.2, 0.25) is 5.43 Å². The number of aromatic nitrogens is 1. The van der Waals surface area contributed by atoms with Crippen LogP contribution in [-0.4, -0.2) is 16.1 Å². The average molecular weight is 283 g/mol. The smallest absolute Gasteiger partial charge is 0.341 e. The molecule has 0 bridgehead atoms. The average Bonchev–Trinajstić information content (AvgIpc) is 2.47. The number of hydrogen-bond donors (Lipinski definition) is 2. The molecule has 5 heteroatoms. The van der Waals surface area contributed by atoms with Gasteiger partial charge in [-0.2, -0.15) is 0 Å². The fraction of sp³-hybridized carbons (Fsp3) is 0. The lowest BCUT2D eigenvalue weighted by molar-refractivity contribution is 0.0696. The van der Waals surface area contributed by atoms with Crippen LogP contribution in [0.1, 0.15) is 10.4 Å². The van der Waals surface area contributed by atoms with E-state index >= 15 is 0 Å². The number of hydrogen-bond acceptors (Lipinski definition) is 2. The van der Waals surface area contributed by atoms with Crippen molar-refractivity contribution in [1.29, 1.82) is 0 Å². The summed E-state index contributed by atoms with van der Waals surface area (Å²) in [6.45, 7) is 0. The molecule has 0 aliphatic heterocycles. The molecule has 21 heavy (non-hydrogen) atoms. The summed E-state index contributed by atoms with van der Waals surface area (Å²) < 4.78 is 13.3. The molecule has 2 N–H and O–H groups in total. The summed E-state index contributed by atoms with van der Waals surface area (Å²) >= 11 is 0. The highest BCUT2D eigenvalue weighted by Gasteiger charge is 2.19. The van der Waals surface area contributed by atoms with Crippen LogP contribution in [0.15, 0.2) is 53.3 Å². The van der Waals surface area contributed by atoms with Crippen molar-refractivity contribution < 1.29 is 14.3 Å². The molecule has 2 aromatic carbocycles. The number of aromatic amines is 1. The summed E-state index contributed by atoms with van der Waals surface area (Å²) in [6.07, 6.45) is 0. The molecule has 0 unspecified atom stereocenters. The highest BCUT2D eigenvalue weighted by molar-refractivity contribution is 5.99. The topological polar surface area (TPSA) is 70.2 Å². The zero-order valence-corrected chi connectivity index (χ0v) is 10.8. The molecule has 0 saturated carbocycles. The third-order valence-corrected chi connectivity index (χ3v) is 3.24. The van der Waals surface area contributed by atoms with Crippen molar-refractivity contribution in [1.82, 2.24) is 4.98 Å². The van der Waals surface area contributed by atoms with Crippen LogP contribution >= 0.6 is 0 Å². The maximum Gasteiger partial charge on any atom is 0.341 e. The van der Waals surface area contributed by atoms with E-state index in [1.165, 1.54) is 12.1 Å². The minimum atomic E-state index is -1.32. The molecule has 0 aliphatic carbocycles. The van der Waals surface area contributed by atoms with Gasteiger partial charge in [-0.1, -0.05) is 30.3 Å². The number of aromatic carboxylic acids is 1. The van der Waals surface area contributed by atoms with Crippen molar-refractivity contribution in [2.45, 2.75) is 0 Å². The Morgan fingerprint density at radius 2 is 1.81 bits per heavy atom. The Labute approximate surface area is 118 Å². The second-order valence-corrected chi connectivity index (χ2v) is 4.57. The van der Waals surface area contributed by atoms with Crippen molar-refractivity contribution >= 4 is 16.9 Å². The molecule has 0 aliphatic rings. The number of nitrogens with one attached hydrogen (secondary N) is 1. The van der Waals surface area contributed by atoms with E-state index in [4.69, 9.17) is 0 Å². The molecule has 1 aromatic heterocycles. The van der Waals surface area contributed by atoms with Crippen LogP contribution in [0, 0.1) is 5.82 Å². The largest absolute Gasteiger partial charge is 0.477 e. The number of halogens is 1. The van der Waals surface area contributed by atoms with Crippen LogP contribution in [0.5, 0.6) is 0 Å². The van der Waals surface area contributed by atoms with Crippen molar-refractivity contribution in [3.8, 4) is 11.3 Å². The zero-order chi connectivity index (χ0) is 15.0. The number of fused-ring (bicyclic) bond motifs is 1. The van der Waals surface area contributed by atoms with Gasteiger partial charge in [0.1, 0.15) is 11.4 Å². The van der Waals surface area contributed by atoms with Gasteiger partial charge in [-0.3, -0.25) is 4.79 Å². The second kappa shape index (κ2) is 4.86. The zero-order valence-electron chi connectivity index (χ0n) is 10.8. The molecule has 104 valence electrons. The highest BCUT2D eigenvalue weighted by Crippen LogP contribution is 2.22. The van der Waals surface area contributed by atoms with Gasteiger partial charge in [-0.25, -0.2) is 9.18 Å². The molecule has 0 saturated heterocycles. The quantitative estimate of drug-likeness (QED) is 0.759. The predicted molar refractivity (Wildman–Crippen MR) is 76.9 cm³/mol. The van der Waals surface area contributed by atoms with Gasteiger partial charge in [0.05, 0.1) is 11.2 Å². The van der Waals surface area contributed by atoms with Gasteiger partial charge in [-0.05, 0) is 23.8 Å². The van der Waals surface area contributed by atoms with E-state index in [-0.39, 0.29) is 22.2 Å². The SMILES string of the molecule is O=C(O)c1c(-c2ccccc2)[nH]c2cc(F)ccc2c1=O. The lowest BCUT2D eigenvalue weighted by Gasteiger charge is -2.09. The van der Waals surface area contributed by atoms with Crippen molar-refractivity contribution in [3.05, 3.63) is 70.1 Å². The monoisotopic (exact) mass is 283 g/mol. The second-order valence-electron chi connectivity index (χ2n) is 4.57. The number of carbonyl (C=O) groups is 1. The highest BCUT2D eigenvalue weighted by atomic mass is 19.1. The maximum atomic E-state index is 13.3. The Hall–Kier alpha value is -2.95. The van der Waals surface area contributed by atoms with Crippen LogP contribution in [0.3, 0.4) is 0 Å². The van der Waals surface area contributed by atoms with E-state index in [0.29, 0.717) is 5.56 Å². The summed E-state index contributed by atoms with van der Waals surface area (Å²) in [5.41, 5.74) is 0.0172. The van der Waals surface area contributed by atoms with Gasteiger partial charge in [0.15, 0.2) is 0 Å². The molecule has 0 fully saturated rings. The van der Waals surface area contributed by atoms with Gasteiger partial charge in [0.25, 0.3) is 0 Å². The fourth-order valence-electron chi connectivity index (χ4n) is 2.29. The minimum Gasteiger partial charge on any atom is -0.477 e. The van der Waals surface area contributed by atoms with Crippen molar-refractivity contribution in [2.24, 2.45) is 0 Å². The van der Waals surface area contributed by atoms with E-state index in [9.17, 15) is 19.1 Å². The molecule has 0 amide bonds. The van der Waals surface area contributed by atoms with Crippen LogP contribution in [-0.2, 0) is 0 Å². The van der Waals surface area contributed by atoms with E-state index in [0.717, 1.165) is 6.07 Å². The molecular weight excluding hydrogens is 273 g/mol. The summed E-state index contributed by atoms with van der Waals surface area (Å²) in [5, 5.41) is 9.47. The Morgan fingerprint density at radius 1 is 1.10 bits per heavy atom. The standard InChI is InChI=1S/C16H10FNO3/c17-10-6-7-11-12(8-10)18-14(9-4-2-1-3-5-9)13(15(11)19)16(20)21/h1-8H,(H,18,19)(H,20,21). The van der Waals surface area contributed by atoms with Gasteiger partial charge < -0.3 is 10.1 Å². The summed E-state index contributed by atoms with van der Waals surface area (Å²) in [5.74, 6) is -1.82. The number of carboxylic acids is 1. The van der Waals surface area contributed by atoms with Crippen LogP contribution in [0.25, 0.3) is 22.2 Å². The third kappa shape index (κ3) is 2.18. The van der Waals surface area contributed by atoms with Crippen LogP contribution in [0.2, 0.25) is 0 Å². The molecule has 3 rings (SSSR count). The maximum absolute atomic E-state index is 13.3. The molecule has 3 aromatic rings. The number of benzene rings is 2. The molecule has 0 spiro atoms. The number of carboxylic acid groups (broad SMARTS) is 1. The first-order valence-electron chi connectivity index (χ1n) is 6.22. The summed E-state index contributed by atoms with van der Waals surface area (Å²) in [6, 6.07) is 12.2. The molecule has 0 atom stereocenters.